The number of nitrogen functional groups attached to an aromatic ring is 4. The van der Waals surface area contributed by atoms with Crippen molar-refractivity contribution in [3.05, 3.63) is 161 Å². The molecule has 0 saturated carbocycles. The summed E-state index contributed by atoms with van der Waals surface area (Å²) in [6.45, 7) is 24.1. The van der Waals surface area contributed by atoms with E-state index in [0.29, 0.717) is 109 Å². The van der Waals surface area contributed by atoms with E-state index in [-0.39, 0.29) is 112 Å². The van der Waals surface area contributed by atoms with Crippen LogP contribution < -0.4 is 57.7 Å². The summed E-state index contributed by atoms with van der Waals surface area (Å²) < 4.78 is 31.4. The number of nitrogens with zero attached hydrogens (tertiary/aromatic N) is 16. The van der Waals surface area contributed by atoms with Crippen LogP contribution in [-0.2, 0) is 9.47 Å². The number of amides is 3. The Bertz CT molecular complexity index is 4870. The smallest absolute Gasteiger partial charge is 0.410 e. The second-order valence-corrected chi connectivity index (χ2v) is 29.1. The van der Waals surface area contributed by atoms with E-state index in [1.807, 2.05) is 74.4 Å². The van der Waals surface area contributed by atoms with Crippen LogP contribution in [0.5, 0.6) is 11.5 Å². The van der Waals surface area contributed by atoms with Crippen LogP contribution in [0.3, 0.4) is 0 Å². The quantitative estimate of drug-likeness (QED) is 0.0320. The van der Waals surface area contributed by atoms with Gasteiger partial charge < -0.3 is 96.1 Å². The average molecular weight is 1720 g/mol. The lowest BCUT2D eigenvalue weighted by Gasteiger charge is -2.36. The second kappa shape index (κ2) is 40.9. The second-order valence-electron chi connectivity index (χ2n) is 27.1. The maximum Gasteiger partial charge on any atom is 0.410 e. The molecule has 4 aliphatic heterocycles. The predicted molar refractivity (Wildman–Crippen MR) is 434 cm³/mol. The molecule has 11 N–H and O–H groups in total. The first-order valence-corrected chi connectivity index (χ1v) is 36.9. The summed E-state index contributed by atoms with van der Waals surface area (Å²) in [5.41, 5.74) is 22.3. The number of para-hydroxylation sites is 2. The number of aryl methyl sites for hydroxylation is 2. The molecule has 0 radical (unpaired) electrons. The Balaban J connectivity index is 0.000000200. The lowest BCUT2D eigenvalue weighted by atomic mass is 10.0. The highest BCUT2D eigenvalue weighted by molar-refractivity contribution is 6.41. The fourth-order valence-electron chi connectivity index (χ4n) is 11.2. The van der Waals surface area contributed by atoms with Gasteiger partial charge in [0, 0.05) is 140 Å². The van der Waals surface area contributed by atoms with Gasteiger partial charge in [-0.3, -0.25) is 45.3 Å². The number of nitro groups is 4. The molecule has 0 unspecified atom stereocenters. The molecule has 12 rings (SSSR count). The third-order valence-electron chi connectivity index (χ3n) is 16.8. The van der Waals surface area contributed by atoms with Crippen molar-refractivity contribution in [3.8, 4) is 34.0 Å². The van der Waals surface area contributed by atoms with Crippen molar-refractivity contribution in [1.82, 2.24) is 55.6 Å². The Morgan fingerprint density at radius 1 is 0.466 bits per heavy atom. The van der Waals surface area contributed by atoms with Crippen molar-refractivity contribution in [3.63, 3.8) is 0 Å². The molecule has 0 bridgehead atoms. The maximum absolute atomic E-state index is 13.4. The first-order chi connectivity index (χ1) is 54.6. The molecule has 10 heterocycles. The van der Waals surface area contributed by atoms with E-state index in [9.17, 15) is 59.6 Å². The van der Waals surface area contributed by atoms with Gasteiger partial charge in [0.2, 0.25) is 23.3 Å². The number of carbonyl (C=O) groups excluding carboxylic acids is 3. The number of aromatic nitrogens is 6. The van der Waals surface area contributed by atoms with Gasteiger partial charge in [-0.05, 0) is 79.7 Å². The SMILES string of the molecule is CC(C)(C)OC(=O)N1CCN(c2nc(N)c([N+](=O)[O-])cc2Cl)CC1.CC(C)(C)OC(=O)N1CCNCC1.COc1ccccc1-c1noc(C)c1C(=O)N1CCN(c2nc(N)c([N+](=O)[O-])cc2Cl)CC1.COc1ccccc1-c1noc(C)c1C(=O)O.Nc1nc(Cl)c(Cl)cc1[N+](=O)[O-].Nc1nc(N2CCNCC2)c(Cl)cc1[N+](=O)[O-]. The summed E-state index contributed by atoms with van der Waals surface area (Å²) in [6, 6.07) is 19.0. The number of ether oxygens (including phenoxy) is 4. The summed E-state index contributed by atoms with van der Waals surface area (Å²) in [7, 11) is 3.07. The highest BCUT2D eigenvalue weighted by atomic mass is 35.5. The zero-order valence-electron chi connectivity index (χ0n) is 64.4. The van der Waals surface area contributed by atoms with Crippen LogP contribution >= 0.6 is 58.0 Å². The molecule has 3 amide bonds. The van der Waals surface area contributed by atoms with E-state index >= 15 is 0 Å². The normalized spacial score (nSPS) is 14.0. The number of anilines is 7. The molecule has 0 aliphatic carbocycles. The molecule has 116 heavy (non-hydrogen) atoms. The van der Waals surface area contributed by atoms with E-state index in [1.165, 1.54) is 25.3 Å². The number of carboxylic acids is 1. The molecular formula is C70H85Cl5N22O19. The number of carboxylic acid groups (broad SMARTS) is 1. The van der Waals surface area contributed by atoms with Crippen molar-refractivity contribution < 1.29 is 72.0 Å². The first kappa shape index (κ1) is 91.3. The van der Waals surface area contributed by atoms with Crippen LogP contribution in [-0.4, -0.2) is 224 Å². The van der Waals surface area contributed by atoms with Crippen molar-refractivity contribution in [2.24, 2.45) is 0 Å². The Morgan fingerprint density at radius 2 is 0.776 bits per heavy atom. The minimum absolute atomic E-state index is 0.0116. The van der Waals surface area contributed by atoms with Gasteiger partial charge in [-0.1, -0.05) is 92.6 Å². The van der Waals surface area contributed by atoms with Crippen LogP contribution in [0.25, 0.3) is 22.5 Å². The summed E-state index contributed by atoms with van der Waals surface area (Å²) in [5, 5.41) is 66.7. The molecule has 46 heteroatoms. The van der Waals surface area contributed by atoms with Crippen molar-refractivity contribution in [1.29, 1.82) is 0 Å². The number of aromatic carboxylic acids is 1. The van der Waals surface area contributed by atoms with Gasteiger partial charge in [0.15, 0.2) is 16.8 Å². The predicted octanol–water partition coefficient (Wildman–Crippen LogP) is 11.1. The van der Waals surface area contributed by atoms with E-state index in [4.69, 9.17) is 114 Å². The zero-order valence-corrected chi connectivity index (χ0v) is 68.2. The number of carbonyl (C=O) groups is 4. The Morgan fingerprint density at radius 3 is 1.13 bits per heavy atom. The molecule has 0 atom stereocenters. The number of hydrogen-bond donors (Lipinski definition) is 7. The number of benzene rings is 2. The molecule has 4 saturated heterocycles. The van der Waals surface area contributed by atoms with Crippen LogP contribution in [0.15, 0.2) is 81.8 Å². The highest BCUT2D eigenvalue weighted by Crippen LogP contribution is 2.39. The molecule has 6 aromatic heterocycles. The number of nitrogens with one attached hydrogen (secondary N) is 2. The summed E-state index contributed by atoms with van der Waals surface area (Å²) in [4.78, 5) is 115. The number of halogens is 5. The molecule has 2 aromatic carbocycles. The summed E-state index contributed by atoms with van der Waals surface area (Å²) >= 11 is 29.2. The molecule has 8 aromatic rings. The third-order valence-corrected chi connectivity index (χ3v) is 18.3. The van der Waals surface area contributed by atoms with Crippen LogP contribution in [0.4, 0.5) is 73.1 Å². The number of nitrogens with two attached hydrogens (primary N) is 4. The Kier molecular flexibility index (Phi) is 32.2. The van der Waals surface area contributed by atoms with Gasteiger partial charge in [-0.2, -0.15) is 0 Å². The fourth-order valence-corrected chi connectivity index (χ4v) is 12.3. The third kappa shape index (κ3) is 24.6. The summed E-state index contributed by atoms with van der Waals surface area (Å²) in [6.07, 6.45) is -0.571. The van der Waals surface area contributed by atoms with Gasteiger partial charge in [0.05, 0.1) is 54.0 Å². The highest BCUT2D eigenvalue weighted by Gasteiger charge is 2.34. The number of piperazine rings is 4. The molecule has 624 valence electrons. The zero-order chi connectivity index (χ0) is 85.8. The van der Waals surface area contributed by atoms with Crippen LogP contribution in [0.1, 0.15) is 73.8 Å². The standard InChI is InChI=1S/C21H21ClN6O5.C14H20ClN5O4.C12H11NO4.C9H12ClN5O2.C9H18N2O2.C5H3Cl2N3O2/c1-12-17(18(25-33-12)13-5-3-4-6-16(13)32-2)21(29)27-9-7-26(8-10-27)20-14(22)11-15(28(30)31)19(23)24-20;1-14(2,3)24-13(21)19-6-4-18(5-7-19)12-9(15)8-10(20(22)23)11(16)17-12;1-7-10(12(14)15)11(13-17-7)8-5-3-4-6-9(8)16-2;10-6-5-7(15(16)17)8(11)13-9(6)14-3-1-12-2-4-14;1-9(2,3)13-8(12)11-6-4-10-5-7-11;6-2-1-3(10(11)12)5(8)9-4(2)7/h3-6,11H,7-10H2,1-2H3,(H2,23,24);8H,4-7H2,1-3H3,(H2,16,17);3-6H,1-2H3,(H,14,15);5,12H,1-4H2,(H2,11,13);10H,4-7H2,1-3H3;1H,(H2,8,9). The van der Waals surface area contributed by atoms with E-state index < -0.39 is 31.3 Å². The van der Waals surface area contributed by atoms with Crippen LogP contribution in [0, 0.1) is 54.3 Å². The molecule has 0 spiro atoms. The number of hydrogen-bond acceptors (Lipinski definition) is 33. The van der Waals surface area contributed by atoms with Crippen molar-refractivity contribution in [2.75, 3.05) is 157 Å². The number of methoxy groups -OCH3 is 2. The topological polar surface area (TPSA) is 549 Å². The molecule has 41 nitrogen and oxygen atoms in total. The first-order valence-electron chi connectivity index (χ1n) is 35.1. The number of rotatable bonds is 13. The molecular weight excluding hydrogens is 1630 g/mol. The lowest BCUT2D eigenvalue weighted by molar-refractivity contribution is -0.384. The lowest BCUT2D eigenvalue weighted by Crippen LogP contribution is -2.50. The minimum Gasteiger partial charge on any atom is -0.496 e. The monoisotopic (exact) mass is 1710 g/mol. The van der Waals surface area contributed by atoms with E-state index in [2.05, 4.69) is 40.9 Å². The largest absolute Gasteiger partial charge is 0.496 e. The molecule has 4 aliphatic rings. The number of pyridine rings is 4. The van der Waals surface area contributed by atoms with Crippen molar-refractivity contribution >= 4 is 146 Å². The minimum atomic E-state index is -1.07. The fraction of sp³-hybridized carbons (Fsp3) is 0.400. The Labute approximate surface area is 687 Å². The molecule has 4 fully saturated rings. The van der Waals surface area contributed by atoms with Gasteiger partial charge in [-0.25, -0.2) is 34.3 Å². The van der Waals surface area contributed by atoms with Gasteiger partial charge in [0.25, 0.3) is 5.91 Å². The van der Waals surface area contributed by atoms with E-state index in [0.717, 1.165) is 58.4 Å². The van der Waals surface area contributed by atoms with Crippen LogP contribution in [0.2, 0.25) is 25.2 Å². The Hall–Kier alpha value is -11.9. The van der Waals surface area contributed by atoms with Gasteiger partial charge in [-0.15, -0.1) is 0 Å². The average Bonchev–Trinajstić information content (AvgIpc) is 1.70. The van der Waals surface area contributed by atoms with Gasteiger partial charge >= 0.3 is 40.9 Å². The van der Waals surface area contributed by atoms with Gasteiger partial charge in [0.1, 0.15) is 62.6 Å². The maximum atomic E-state index is 13.4. The summed E-state index contributed by atoms with van der Waals surface area (Å²) in [5.74, 6) is 1.05. The van der Waals surface area contributed by atoms with E-state index in [1.54, 1.807) is 66.0 Å². The van der Waals surface area contributed by atoms with Crippen molar-refractivity contribution in [2.45, 2.75) is 66.6 Å².